The summed E-state index contributed by atoms with van der Waals surface area (Å²) in [5.74, 6) is 0.405. The van der Waals surface area contributed by atoms with Crippen molar-refractivity contribution < 1.29 is 9.47 Å². The van der Waals surface area contributed by atoms with E-state index in [4.69, 9.17) is 55.3 Å². The lowest BCUT2D eigenvalue weighted by atomic mass is 10.0. The minimum Gasteiger partial charge on any atom is -0.489 e. The second kappa shape index (κ2) is 17.8. The molecule has 3 aromatic carbocycles. The smallest absolute Gasteiger partial charge is 0.211 e. The predicted molar refractivity (Wildman–Crippen MR) is 200 cm³/mol. The highest BCUT2D eigenvalue weighted by Crippen LogP contribution is 2.23. The molecule has 0 aromatic heterocycles. The first-order valence-corrected chi connectivity index (χ1v) is 14.9. The fourth-order valence-corrected chi connectivity index (χ4v) is 4.10. The minimum atomic E-state index is -0.168. The summed E-state index contributed by atoms with van der Waals surface area (Å²) >= 11 is 0. The van der Waals surface area contributed by atoms with Gasteiger partial charge in [-0.1, -0.05) is 18.2 Å². The van der Waals surface area contributed by atoms with Crippen molar-refractivity contribution in [2.75, 3.05) is 0 Å². The maximum atomic E-state index is 6.20. The number of hydrogen-bond acceptors (Lipinski definition) is 10. The quantitative estimate of drug-likeness (QED) is 0.0672. The Morgan fingerprint density at radius 2 is 0.700 bits per heavy atom. The highest BCUT2D eigenvalue weighted by atomic mass is 16.5. The summed E-state index contributed by atoms with van der Waals surface area (Å²) in [5, 5.41) is 31.3. The average molecular weight is 683 g/mol. The van der Waals surface area contributed by atoms with Gasteiger partial charge in [-0.15, -0.1) is 20.4 Å². The van der Waals surface area contributed by atoms with Gasteiger partial charge in [0.05, 0.1) is 22.8 Å². The van der Waals surface area contributed by atoms with E-state index in [1.165, 1.54) is 0 Å². The number of guanidine groups is 4. The zero-order valence-corrected chi connectivity index (χ0v) is 28.2. The van der Waals surface area contributed by atoms with E-state index in [0.717, 1.165) is 11.1 Å². The first-order chi connectivity index (χ1) is 23.7. The topological polar surface area (TPSA) is 326 Å². The van der Waals surface area contributed by atoms with Crippen LogP contribution in [0.1, 0.15) is 61.1 Å². The van der Waals surface area contributed by atoms with Crippen LogP contribution in [0, 0.1) is 0 Å². The fraction of sp³-hybridized carbons (Fsp3) is 0.188. The van der Waals surface area contributed by atoms with Gasteiger partial charge in [0.15, 0.2) is 0 Å². The van der Waals surface area contributed by atoms with E-state index in [1.54, 1.807) is 27.7 Å². The summed E-state index contributed by atoms with van der Waals surface area (Å²) in [6.45, 7) is 7.52. The van der Waals surface area contributed by atoms with Gasteiger partial charge in [-0.2, -0.15) is 20.4 Å². The maximum absolute atomic E-state index is 6.20. The first-order valence-electron chi connectivity index (χ1n) is 14.9. The summed E-state index contributed by atoms with van der Waals surface area (Å²) in [7, 11) is 0. The Morgan fingerprint density at radius 3 is 0.960 bits per heavy atom. The molecule has 0 aliphatic carbocycles. The molecule has 0 aliphatic rings. The predicted octanol–water partition coefficient (Wildman–Crippen LogP) is 0.834. The number of ether oxygens (including phenoxy) is 2. The van der Waals surface area contributed by atoms with Crippen LogP contribution in [0.4, 0.5) is 0 Å². The van der Waals surface area contributed by atoms with Crippen LogP contribution >= 0.6 is 0 Å². The lowest BCUT2D eigenvalue weighted by molar-refractivity contribution is 0.300. The highest BCUT2D eigenvalue weighted by Gasteiger charge is 2.11. The van der Waals surface area contributed by atoms with Gasteiger partial charge in [-0.3, -0.25) is 0 Å². The van der Waals surface area contributed by atoms with Crippen molar-refractivity contribution in [2.45, 2.75) is 40.9 Å². The second-order valence-corrected chi connectivity index (χ2v) is 10.7. The van der Waals surface area contributed by atoms with Crippen LogP contribution in [-0.4, -0.2) is 46.7 Å². The van der Waals surface area contributed by atoms with E-state index in [-0.39, 0.29) is 37.1 Å². The van der Waals surface area contributed by atoms with Gasteiger partial charge >= 0.3 is 0 Å². The normalized spacial score (nSPS) is 12.1. The van der Waals surface area contributed by atoms with E-state index in [2.05, 4.69) is 40.8 Å². The zero-order valence-electron chi connectivity index (χ0n) is 28.2. The van der Waals surface area contributed by atoms with Crippen molar-refractivity contribution in [3.63, 3.8) is 0 Å². The van der Waals surface area contributed by atoms with Gasteiger partial charge in [-0.05, 0) is 81.3 Å². The lowest BCUT2D eigenvalue weighted by Gasteiger charge is -2.13. The summed E-state index contributed by atoms with van der Waals surface area (Å²) in [4.78, 5) is 0. The first kappa shape index (κ1) is 37.5. The maximum Gasteiger partial charge on any atom is 0.211 e. The van der Waals surface area contributed by atoms with Crippen molar-refractivity contribution >= 4 is 46.7 Å². The summed E-state index contributed by atoms with van der Waals surface area (Å²) < 4.78 is 12.4. The number of nitrogens with two attached hydrogens (primary N) is 8. The standard InChI is InChI=1S/C32H42N16O2/c1-17(41-45-29(33)34)23-9-24(18(2)42-46-30(35)36)12-27(11-23)49-15-21-6-5-7-22(8-21)16-50-28-13-25(19(3)43-47-31(37)38)10-26(14-28)20(4)44-48-32(39)40/h5-14H,15-16H2,1-4H3,(H4,33,34,45)(H4,35,36,46)(H4,37,38,47)(H4,39,40,48)/b41-17-,42-18-,43-19-,44-20+. The molecule has 0 aliphatic heterocycles. The van der Waals surface area contributed by atoms with Gasteiger partial charge in [0.25, 0.3) is 0 Å². The van der Waals surface area contributed by atoms with E-state index in [9.17, 15) is 0 Å². The second-order valence-electron chi connectivity index (χ2n) is 10.7. The lowest BCUT2D eigenvalue weighted by Crippen LogP contribution is -2.22. The van der Waals surface area contributed by atoms with Gasteiger partial charge in [0, 0.05) is 22.3 Å². The molecule has 18 heteroatoms. The third kappa shape index (κ3) is 12.3. The SMILES string of the molecule is C/C(=N/N=C(N)N)c1cc(OCc2cccc(COc3cc(/C(C)=N\N=C(N)N)cc(/C(C)=N/N=C(N)N)c3)c2)cc(/C(C)=N\N=C(N)N)c1. The molecule has 3 aromatic rings. The van der Waals surface area contributed by atoms with Crippen molar-refractivity contribution in [1.82, 2.24) is 0 Å². The van der Waals surface area contributed by atoms with Gasteiger partial charge in [0.1, 0.15) is 24.7 Å². The van der Waals surface area contributed by atoms with Crippen molar-refractivity contribution in [2.24, 2.45) is 86.7 Å². The highest BCUT2D eigenvalue weighted by molar-refractivity contribution is 6.05. The van der Waals surface area contributed by atoms with Crippen LogP contribution < -0.4 is 55.3 Å². The number of rotatable bonds is 14. The van der Waals surface area contributed by atoms with Crippen molar-refractivity contribution in [1.29, 1.82) is 0 Å². The monoisotopic (exact) mass is 682 g/mol. The van der Waals surface area contributed by atoms with Gasteiger partial charge in [0.2, 0.25) is 23.8 Å². The number of benzene rings is 3. The Morgan fingerprint density at radius 1 is 0.420 bits per heavy atom. The molecular weight excluding hydrogens is 640 g/mol. The average Bonchev–Trinajstić information content (AvgIpc) is 3.08. The summed E-state index contributed by atoms with van der Waals surface area (Å²) in [5.41, 5.74) is 50.3. The third-order valence-corrected chi connectivity index (χ3v) is 6.55. The molecule has 0 spiro atoms. The molecule has 0 atom stereocenters. The van der Waals surface area contributed by atoms with Crippen LogP contribution in [0.2, 0.25) is 0 Å². The van der Waals surface area contributed by atoms with Crippen LogP contribution in [0.3, 0.4) is 0 Å². The summed E-state index contributed by atoms with van der Waals surface area (Å²) in [6, 6.07) is 18.7. The van der Waals surface area contributed by atoms with Crippen LogP contribution in [-0.2, 0) is 13.2 Å². The largest absolute Gasteiger partial charge is 0.489 e. The molecule has 18 nitrogen and oxygen atoms in total. The Bertz CT molecular complexity index is 1680. The molecule has 0 saturated heterocycles. The molecular formula is C32H42N16O2. The summed E-state index contributed by atoms with van der Waals surface area (Å²) in [6.07, 6.45) is 0. The molecule has 50 heavy (non-hydrogen) atoms. The zero-order chi connectivity index (χ0) is 36.8. The van der Waals surface area contributed by atoms with Crippen LogP contribution in [0.5, 0.6) is 11.5 Å². The molecule has 262 valence electrons. The number of hydrogen-bond donors (Lipinski definition) is 8. The molecule has 0 heterocycles. The molecule has 3 rings (SSSR count). The van der Waals surface area contributed by atoms with E-state index < -0.39 is 0 Å². The molecule has 16 N–H and O–H groups in total. The Hall–Kier alpha value is -6.98. The molecule has 0 unspecified atom stereocenters. The minimum absolute atomic E-state index is 0.168. The Labute approximate surface area is 289 Å². The molecule has 0 amide bonds. The van der Waals surface area contributed by atoms with Crippen LogP contribution in [0.15, 0.2) is 101 Å². The molecule has 0 saturated carbocycles. The van der Waals surface area contributed by atoms with E-state index in [1.807, 2.05) is 60.7 Å². The molecule has 0 bridgehead atoms. The third-order valence-electron chi connectivity index (χ3n) is 6.55. The Kier molecular flexibility index (Phi) is 13.3. The van der Waals surface area contributed by atoms with Crippen molar-refractivity contribution in [3.05, 3.63) is 94.0 Å². The van der Waals surface area contributed by atoms with Gasteiger partial charge in [-0.25, -0.2) is 0 Å². The van der Waals surface area contributed by atoms with Gasteiger partial charge < -0.3 is 55.3 Å². The van der Waals surface area contributed by atoms with Crippen molar-refractivity contribution in [3.8, 4) is 11.5 Å². The van der Waals surface area contributed by atoms with Crippen LogP contribution in [0.25, 0.3) is 0 Å². The molecule has 0 radical (unpaired) electrons. The Balaban J connectivity index is 1.87. The molecule has 0 fully saturated rings. The van der Waals surface area contributed by atoms with E-state index >= 15 is 0 Å². The number of nitrogens with zero attached hydrogens (tertiary/aromatic N) is 8. The fourth-order valence-electron chi connectivity index (χ4n) is 4.10. The van der Waals surface area contributed by atoms with E-state index in [0.29, 0.717) is 56.6 Å².